The van der Waals surface area contributed by atoms with Crippen LogP contribution in [-0.4, -0.2) is 162 Å². The third kappa shape index (κ3) is 16.1. The summed E-state index contributed by atoms with van der Waals surface area (Å²) >= 11 is 0. The Kier molecular flexibility index (Phi) is 20.4. The highest BCUT2D eigenvalue weighted by Crippen LogP contribution is 2.32. The van der Waals surface area contributed by atoms with E-state index in [1.807, 2.05) is 0 Å². The molecular formula is C63H67F2N13O14. The minimum absolute atomic E-state index is 0.00406. The molecule has 3 aromatic heterocycles. The third-order valence-corrected chi connectivity index (χ3v) is 16.1. The zero-order valence-corrected chi connectivity index (χ0v) is 49.9. The molecule has 2 aliphatic heterocycles. The standard InChI is InChI=1S/C63H67F2N13O14/c1-32-55(83)72-46(21-35-28-67-44-14-10-37(64)23-42(35)44)56(84)73-47(22-36-29-68-45-15-11-38(65)24-43(36)45)57(85)75-49(27-54(81)82)59(87)74-48(25-40-30-66-31-69-40)58(86)76-50(19-33-8-12-41(92-3)13-9-33)60(88)78-17-5-16-63(78,2)62(91)77-51(61(89)90)26-53(80)71-39-7-4-6-34(18-39)20-52(79)70-32/h4,6-15,18,23-24,28-32,46-51,67-68H,5,16-17,19-22,25-27H2,1-3H3,(H,66,69)(H,70,79)(H,71,80)(H,72,83)(H,73,84)(H,74,87)(H,75,85)(H,76,86)(H,77,91)(H,81,82)(H,89,90)/t32-,46+,47+,48?,49+,50+,51+,63+/m1/s1. The van der Waals surface area contributed by atoms with Gasteiger partial charge in [-0.15, -0.1) is 0 Å². The molecular weight excluding hydrogens is 1200 g/mol. The molecule has 0 radical (unpaired) electrons. The van der Waals surface area contributed by atoms with Crippen molar-refractivity contribution in [2.75, 3.05) is 19.0 Å². The van der Waals surface area contributed by atoms with E-state index in [9.17, 15) is 66.9 Å². The molecule has 13 N–H and O–H groups in total. The monoisotopic (exact) mass is 1270 g/mol. The van der Waals surface area contributed by atoms with Crippen molar-refractivity contribution >= 4 is 92.6 Å². The predicted octanol–water partition coefficient (Wildman–Crippen LogP) is 1.87. The Balaban J connectivity index is 1.10. The Morgan fingerprint density at radius 1 is 0.652 bits per heavy atom. The topological polar surface area (TPSA) is 397 Å². The van der Waals surface area contributed by atoms with E-state index in [1.54, 1.807) is 24.3 Å². The van der Waals surface area contributed by atoms with Gasteiger partial charge in [-0.25, -0.2) is 18.6 Å². The Hall–Kier alpha value is -11.0. The Morgan fingerprint density at radius 3 is 1.80 bits per heavy atom. The number of hydrogen-bond acceptors (Lipinski definition) is 13. The number of nitrogens with one attached hydrogen (secondary N) is 11. The first-order valence-corrected chi connectivity index (χ1v) is 29.3. The number of carbonyl (C=O) groups excluding carboxylic acids is 9. The number of benzene rings is 4. The summed E-state index contributed by atoms with van der Waals surface area (Å²) in [5.41, 5.74) is 0.813. The molecule has 5 heterocycles. The molecule has 4 aromatic carbocycles. The molecule has 7 aromatic rings. The van der Waals surface area contributed by atoms with Crippen molar-refractivity contribution in [3.8, 4) is 5.75 Å². The van der Waals surface area contributed by atoms with Crippen LogP contribution in [-0.2, 0) is 84.8 Å². The number of halogens is 2. The van der Waals surface area contributed by atoms with E-state index in [0.717, 1.165) is 6.07 Å². The lowest BCUT2D eigenvalue weighted by molar-refractivity contribution is -0.149. The SMILES string of the molecule is COc1ccc(C[C@@H]2NC(=O)C(Cc3cnc[nH]3)NC(=O)[C@H](CC(=O)O)NC(=O)[C@H](Cc3c[nH]c4ccc(F)cc34)NC(=O)[C@H](Cc3c[nH]c4ccc(F)cc34)NC(=O)[C@@H](C)NC(=O)Cc3cccc(c3)NC(=O)C[C@@H](C(=O)O)NC(=O)[C@]3(C)CCCN3C2=O)cc1. The Labute approximate surface area is 523 Å². The number of carboxylic acids is 2. The number of aliphatic carboxylic acids is 2. The highest BCUT2D eigenvalue weighted by molar-refractivity contribution is 6.01. The second-order valence-electron chi connectivity index (χ2n) is 22.8. The lowest BCUT2D eigenvalue weighted by atomic mass is 9.95. The van der Waals surface area contributed by atoms with E-state index in [2.05, 4.69) is 62.5 Å². The predicted molar refractivity (Wildman–Crippen MR) is 325 cm³/mol. The summed E-state index contributed by atoms with van der Waals surface area (Å²) in [7, 11) is 1.44. The molecule has 9 amide bonds. The molecule has 29 heteroatoms. The number of fused-ring (bicyclic) bond motifs is 5. The van der Waals surface area contributed by atoms with Gasteiger partial charge in [0, 0.05) is 84.0 Å². The normalized spacial score (nSPS) is 22.9. The summed E-state index contributed by atoms with van der Waals surface area (Å²) in [6.07, 6.45) is 1.96. The van der Waals surface area contributed by atoms with Crippen molar-refractivity contribution in [3.05, 3.63) is 149 Å². The van der Waals surface area contributed by atoms with Crippen LogP contribution in [0.5, 0.6) is 5.75 Å². The van der Waals surface area contributed by atoms with Crippen molar-refractivity contribution < 1.29 is 76.5 Å². The summed E-state index contributed by atoms with van der Waals surface area (Å²) < 4.78 is 35.0. The summed E-state index contributed by atoms with van der Waals surface area (Å²) in [5, 5.41) is 41.6. The van der Waals surface area contributed by atoms with Crippen LogP contribution >= 0.6 is 0 Å². The number of hydrogen-bond donors (Lipinski definition) is 13. The number of nitrogens with zero attached hydrogens (tertiary/aromatic N) is 2. The molecule has 1 fully saturated rings. The number of carbonyl (C=O) groups is 11. The van der Waals surface area contributed by atoms with Crippen LogP contribution in [0.3, 0.4) is 0 Å². The molecule has 0 aliphatic carbocycles. The number of rotatable bonds is 12. The van der Waals surface area contributed by atoms with Crippen molar-refractivity contribution in [2.45, 2.75) is 119 Å². The van der Waals surface area contributed by atoms with E-state index in [0.29, 0.717) is 38.9 Å². The van der Waals surface area contributed by atoms with Crippen LogP contribution in [0.25, 0.3) is 21.8 Å². The third-order valence-electron chi connectivity index (χ3n) is 16.1. The summed E-state index contributed by atoms with van der Waals surface area (Å²) in [4.78, 5) is 170. The highest BCUT2D eigenvalue weighted by Gasteiger charge is 2.49. The lowest BCUT2D eigenvalue weighted by Gasteiger charge is -2.37. The van der Waals surface area contributed by atoms with Gasteiger partial charge in [0.1, 0.15) is 65.2 Å². The van der Waals surface area contributed by atoms with Gasteiger partial charge < -0.3 is 77.3 Å². The number of aromatic nitrogens is 4. The van der Waals surface area contributed by atoms with Gasteiger partial charge in [-0.3, -0.25) is 47.9 Å². The van der Waals surface area contributed by atoms with Crippen LogP contribution in [0.1, 0.15) is 67.5 Å². The van der Waals surface area contributed by atoms with Gasteiger partial charge in [-0.1, -0.05) is 24.3 Å². The maximum Gasteiger partial charge on any atom is 0.326 e. The Morgan fingerprint density at radius 2 is 1.23 bits per heavy atom. The fourth-order valence-corrected chi connectivity index (χ4v) is 11.2. The van der Waals surface area contributed by atoms with E-state index >= 15 is 4.79 Å². The van der Waals surface area contributed by atoms with E-state index in [1.165, 1.54) is 105 Å². The molecule has 0 spiro atoms. The first-order chi connectivity index (χ1) is 43.9. The number of imidazole rings is 1. The first-order valence-electron chi connectivity index (χ1n) is 29.3. The first kappa shape index (κ1) is 65.4. The maximum absolute atomic E-state index is 15.1. The quantitative estimate of drug-likeness (QED) is 0.0831. The fraction of sp³-hybridized carbons (Fsp3) is 0.333. The minimum atomic E-state index is -2.04. The van der Waals surface area contributed by atoms with Gasteiger partial charge in [0.2, 0.25) is 53.2 Å². The summed E-state index contributed by atoms with van der Waals surface area (Å²) in [5.74, 6) is -12.9. The molecule has 0 saturated carbocycles. The zero-order valence-electron chi connectivity index (χ0n) is 49.9. The smallest absolute Gasteiger partial charge is 0.326 e. The van der Waals surface area contributed by atoms with Crippen molar-refractivity contribution in [3.63, 3.8) is 0 Å². The van der Waals surface area contributed by atoms with Gasteiger partial charge in [-0.05, 0) is 110 Å². The molecule has 27 nitrogen and oxygen atoms in total. The van der Waals surface area contributed by atoms with E-state index in [-0.39, 0.29) is 67.4 Å². The molecule has 9 rings (SSSR count). The van der Waals surface area contributed by atoms with Crippen LogP contribution in [0, 0.1) is 11.6 Å². The second kappa shape index (κ2) is 28.7. The minimum Gasteiger partial charge on any atom is -0.497 e. The van der Waals surface area contributed by atoms with Crippen molar-refractivity contribution in [2.24, 2.45) is 0 Å². The number of H-pyrrole nitrogens is 3. The van der Waals surface area contributed by atoms with Gasteiger partial charge in [0.15, 0.2) is 0 Å². The molecule has 1 unspecified atom stereocenters. The average molecular weight is 1270 g/mol. The molecule has 92 heavy (non-hydrogen) atoms. The fourth-order valence-electron chi connectivity index (χ4n) is 11.2. The van der Waals surface area contributed by atoms with Crippen molar-refractivity contribution in [1.29, 1.82) is 0 Å². The lowest BCUT2D eigenvalue weighted by Crippen LogP contribution is -2.63. The average Bonchev–Trinajstić information content (AvgIpc) is 1.59. The molecule has 2 bridgehead atoms. The second-order valence-corrected chi connectivity index (χ2v) is 22.8. The largest absolute Gasteiger partial charge is 0.497 e. The van der Waals surface area contributed by atoms with E-state index < -0.39 is 144 Å². The van der Waals surface area contributed by atoms with Crippen LogP contribution < -0.4 is 47.3 Å². The van der Waals surface area contributed by atoms with Crippen molar-refractivity contribution in [1.82, 2.24) is 62.1 Å². The number of ether oxygens (including phenoxy) is 1. The molecule has 2 aliphatic rings. The number of anilines is 1. The molecule has 482 valence electrons. The zero-order chi connectivity index (χ0) is 66.0. The maximum atomic E-state index is 15.1. The van der Waals surface area contributed by atoms with Gasteiger partial charge in [-0.2, -0.15) is 0 Å². The number of aromatic amines is 3. The molecule has 8 atom stereocenters. The van der Waals surface area contributed by atoms with Crippen LogP contribution in [0.4, 0.5) is 14.5 Å². The number of amides is 9. The van der Waals surface area contributed by atoms with Gasteiger partial charge in [0.05, 0.1) is 32.7 Å². The number of carboxylic acid groups (broad SMARTS) is 2. The van der Waals surface area contributed by atoms with Crippen LogP contribution in [0.15, 0.2) is 110 Å². The molecule has 1 saturated heterocycles. The van der Waals surface area contributed by atoms with Gasteiger partial charge in [0.25, 0.3) is 0 Å². The Bertz CT molecular complexity index is 3970. The summed E-state index contributed by atoms with van der Waals surface area (Å²) in [6.45, 7) is 2.65. The van der Waals surface area contributed by atoms with E-state index in [4.69, 9.17) is 4.74 Å². The highest BCUT2D eigenvalue weighted by atomic mass is 19.1. The van der Waals surface area contributed by atoms with Crippen LogP contribution in [0.2, 0.25) is 0 Å². The summed E-state index contributed by atoms with van der Waals surface area (Å²) in [6, 6.07) is 8.04. The number of methoxy groups -OCH3 is 1. The van der Waals surface area contributed by atoms with Gasteiger partial charge >= 0.3 is 11.9 Å².